The average Bonchev–Trinajstić information content (AvgIpc) is 2.92. The number of aliphatic carboxylic acids is 1. The molecule has 152 valence electrons. The summed E-state index contributed by atoms with van der Waals surface area (Å²) in [6.07, 6.45) is 1.46. The van der Waals surface area contributed by atoms with Crippen LogP contribution in [0.4, 0.5) is 8.78 Å². The molecule has 0 aliphatic heterocycles. The fourth-order valence-corrected chi connectivity index (χ4v) is 3.50. The van der Waals surface area contributed by atoms with Gasteiger partial charge in [-0.2, -0.15) is 0 Å². The number of allylic oxidation sites excluding steroid dienone is 2. The lowest BCUT2D eigenvalue weighted by molar-refractivity contribution is -0.135. The van der Waals surface area contributed by atoms with Crippen molar-refractivity contribution >= 4 is 23.2 Å². The number of carboxylic acid groups (broad SMARTS) is 1. The van der Waals surface area contributed by atoms with E-state index in [9.17, 15) is 18.7 Å². The highest BCUT2D eigenvalue weighted by Crippen LogP contribution is 2.45. The number of hydrogen-bond acceptors (Lipinski definition) is 4. The monoisotopic (exact) mass is 402 g/mol. The van der Waals surface area contributed by atoms with Gasteiger partial charge in [-0.25, -0.2) is 8.78 Å². The molecule has 0 amide bonds. The van der Waals surface area contributed by atoms with E-state index in [0.29, 0.717) is 50.7 Å². The van der Waals surface area contributed by atoms with Crippen LogP contribution in [-0.2, 0) is 4.79 Å². The summed E-state index contributed by atoms with van der Waals surface area (Å²) in [4.78, 5) is 11.3. The van der Waals surface area contributed by atoms with Crippen molar-refractivity contribution in [3.63, 3.8) is 0 Å². The highest BCUT2D eigenvalue weighted by atomic mass is 19.2. The Balaban J connectivity index is 2.23. The minimum Gasteiger partial charge on any atom is -0.493 e. The van der Waals surface area contributed by atoms with Crippen LogP contribution >= 0.6 is 0 Å². The molecule has 7 heteroatoms. The summed E-state index contributed by atoms with van der Waals surface area (Å²) in [7, 11) is 4.48. The molecule has 0 saturated carbocycles. The Morgan fingerprint density at radius 1 is 0.966 bits per heavy atom. The van der Waals surface area contributed by atoms with Crippen molar-refractivity contribution in [3.05, 3.63) is 58.2 Å². The van der Waals surface area contributed by atoms with E-state index in [0.717, 1.165) is 12.1 Å². The molecule has 3 rings (SSSR count). The molecule has 29 heavy (non-hydrogen) atoms. The van der Waals surface area contributed by atoms with E-state index >= 15 is 0 Å². The molecule has 0 atom stereocenters. The van der Waals surface area contributed by atoms with Crippen LogP contribution in [0, 0.1) is 11.6 Å². The van der Waals surface area contributed by atoms with Crippen molar-refractivity contribution in [2.24, 2.45) is 0 Å². The molecule has 0 bridgehead atoms. The first-order valence-corrected chi connectivity index (χ1v) is 8.74. The third kappa shape index (κ3) is 3.68. The van der Waals surface area contributed by atoms with E-state index in [1.54, 1.807) is 25.1 Å². The fourth-order valence-electron chi connectivity index (χ4n) is 3.50. The summed E-state index contributed by atoms with van der Waals surface area (Å²) in [5.41, 5.74) is 3.17. The summed E-state index contributed by atoms with van der Waals surface area (Å²) >= 11 is 0. The van der Waals surface area contributed by atoms with E-state index in [-0.39, 0.29) is 6.42 Å². The zero-order chi connectivity index (χ0) is 21.3. The Morgan fingerprint density at radius 2 is 1.52 bits per heavy atom. The summed E-state index contributed by atoms with van der Waals surface area (Å²) in [5, 5.41) is 9.24. The molecular weight excluding hydrogens is 382 g/mol. The van der Waals surface area contributed by atoms with Crippen molar-refractivity contribution in [3.8, 4) is 17.2 Å². The molecule has 1 aliphatic carbocycles. The lowest BCUT2D eigenvalue weighted by Gasteiger charge is -2.13. The van der Waals surface area contributed by atoms with Gasteiger partial charge in [0.15, 0.2) is 23.1 Å². The van der Waals surface area contributed by atoms with E-state index in [2.05, 4.69) is 0 Å². The minimum absolute atomic E-state index is 0.295. The summed E-state index contributed by atoms with van der Waals surface area (Å²) in [5.74, 6) is -1.76. The Kier molecular flexibility index (Phi) is 5.59. The largest absolute Gasteiger partial charge is 0.493 e. The first-order chi connectivity index (χ1) is 13.8. The number of carboxylic acids is 1. The molecule has 0 aromatic heterocycles. The number of hydrogen-bond donors (Lipinski definition) is 1. The molecule has 0 spiro atoms. The first-order valence-electron chi connectivity index (χ1n) is 8.74. The second-order valence-electron chi connectivity index (χ2n) is 6.50. The molecule has 0 saturated heterocycles. The Bertz CT molecular complexity index is 1030. The minimum atomic E-state index is -1.05. The fraction of sp³-hybridized carbons (Fsp3) is 0.227. The summed E-state index contributed by atoms with van der Waals surface area (Å²) in [6.45, 7) is 1.73. The van der Waals surface area contributed by atoms with Crippen LogP contribution in [0.5, 0.6) is 17.2 Å². The van der Waals surface area contributed by atoms with Gasteiger partial charge in [-0.1, -0.05) is 0 Å². The van der Waals surface area contributed by atoms with Crippen molar-refractivity contribution in [2.75, 3.05) is 21.3 Å². The number of methoxy groups -OCH3 is 3. The van der Waals surface area contributed by atoms with Gasteiger partial charge < -0.3 is 19.3 Å². The number of carbonyl (C=O) groups is 1. The average molecular weight is 402 g/mol. The molecule has 0 radical (unpaired) electrons. The quantitative estimate of drug-likeness (QED) is 0.752. The normalized spacial score (nSPS) is 14.2. The molecule has 2 aromatic carbocycles. The van der Waals surface area contributed by atoms with Gasteiger partial charge in [0.25, 0.3) is 0 Å². The topological polar surface area (TPSA) is 65.0 Å². The van der Waals surface area contributed by atoms with E-state index in [1.165, 1.54) is 21.3 Å². The summed E-state index contributed by atoms with van der Waals surface area (Å²) < 4.78 is 43.8. The Labute approximate surface area is 166 Å². The molecule has 2 aromatic rings. The number of rotatable bonds is 6. The number of ether oxygens (including phenoxy) is 3. The predicted octanol–water partition coefficient (Wildman–Crippen LogP) is 4.79. The van der Waals surface area contributed by atoms with Crippen LogP contribution in [0.25, 0.3) is 17.2 Å². The van der Waals surface area contributed by atoms with Gasteiger partial charge in [0.2, 0.25) is 5.75 Å². The van der Waals surface area contributed by atoms with Crippen LogP contribution in [0.2, 0.25) is 0 Å². The Morgan fingerprint density at radius 3 is 2.00 bits per heavy atom. The van der Waals surface area contributed by atoms with E-state index in [4.69, 9.17) is 14.2 Å². The van der Waals surface area contributed by atoms with Crippen LogP contribution < -0.4 is 14.2 Å². The van der Waals surface area contributed by atoms with E-state index in [1.807, 2.05) is 0 Å². The number of fused-ring (bicyclic) bond motifs is 1. The highest BCUT2D eigenvalue weighted by Gasteiger charge is 2.27. The Hall–Kier alpha value is -3.35. The van der Waals surface area contributed by atoms with Gasteiger partial charge in [0.05, 0.1) is 27.8 Å². The van der Waals surface area contributed by atoms with Gasteiger partial charge in [0.1, 0.15) is 0 Å². The number of benzene rings is 2. The van der Waals surface area contributed by atoms with Crippen molar-refractivity contribution < 1.29 is 32.9 Å². The van der Waals surface area contributed by atoms with Gasteiger partial charge in [-0.15, -0.1) is 0 Å². The van der Waals surface area contributed by atoms with Crippen molar-refractivity contribution in [2.45, 2.75) is 13.3 Å². The second-order valence-corrected chi connectivity index (χ2v) is 6.50. The third-order valence-electron chi connectivity index (χ3n) is 4.86. The van der Waals surface area contributed by atoms with Gasteiger partial charge in [-0.3, -0.25) is 4.79 Å². The third-order valence-corrected chi connectivity index (χ3v) is 4.86. The molecule has 1 aliphatic rings. The van der Waals surface area contributed by atoms with Gasteiger partial charge in [0, 0.05) is 0 Å². The van der Waals surface area contributed by atoms with Crippen LogP contribution in [0.15, 0.2) is 29.8 Å². The molecular formula is C22H20F2O5. The van der Waals surface area contributed by atoms with E-state index < -0.39 is 17.6 Å². The second kappa shape index (κ2) is 7.95. The SMILES string of the molecule is COc1cc(C=C2C(C)=C(CC(=O)O)c3cc(F)c(F)cc32)cc(OC)c1OC. The maximum absolute atomic E-state index is 13.9. The molecule has 0 heterocycles. The standard InChI is InChI=1S/C22H20F2O5/c1-11-13(5-12-6-19(27-2)22(29-4)20(7-12)28-3)15-8-17(23)18(24)9-16(15)14(11)10-21(25)26/h5-9H,10H2,1-4H3,(H,25,26). The van der Waals surface area contributed by atoms with Crippen molar-refractivity contribution in [1.29, 1.82) is 0 Å². The lowest BCUT2D eigenvalue weighted by Crippen LogP contribution is -1.98. The highest BCUT2D eigenvalue weighted by molar-refractivity contribution is 6.07. The van der Waals surface area contributed by atoms with Crippen LogP contribution in [0.3, 0.4) is 0 Å². The lowest BCUT2D eigenvalue weighted by atomic mass is 10.00. The zero-order valence-electron chi connectivity index (χ0n) is 16.4. The molecule has 5 nitrogen and oxygen atoms in total. The van der Waals surface area contributed by atoms with Crippen LogP contribution in [0.1, 0.15) is 30.0 Å². The first kappa shape index (κ1) is 20.4. The maximum Gasteiger partial charge on any atom is 0.307 e. The molecule has 0 unspecified atom stereocenters. The molecule has 0 fully saturated rings. The van der Waals surface area contributed by atoms with Crippen molar-refractivity contribution in [1.82, 2.24) is 0 Å². The van der Waals surface area contributed by atoms with Crippen LogP contribution in [-0.4, -0.2) is 32.4 Å². The van der Waals surface area contributed by atoms with Gasteiger partial charge >= 0.3 is 5.97 Å². The summed E-state index contributed by atoms with van der Waals surface area (Å²) in [6, 6.07) is 5.57. The maximum atomic E-state index is 13.9. The smallest absolute Gasteiger partial charge is 0.307 e. The molecule has 1 N–H and O–H groups in total. The number of halogens is 2. The van der Waals surface area contributed by atoms with Gasteiger partial charge in [-0.05, 0) is 70.7 Å². The zero-order valence-corrected chi connectivity index (χ0v) is 16.4. The predicted molar refractivity (Wildman–Crippen MR) is 105 cm³/mol.